The van der Waals surface area contributed by atoms with Crippen LogP contribution in [-0.4, -0.2) is 45.2 Å². The number of aliphatic carboxylic acids is 2. The van der Waals surface area contributed by atoms with Crippen molar-refractivity contribution in [2.75, 3.05) is 0 Å². The van der Waals surface area contributed by atoms with E-state index >= 15 is 0 Å². The molecule has 0 spiro atoms. The summed E-state index contributed by atoms with van der Waals surface area (Å²) in [5.41, 5.74) is 6.60. The van der Waals surface area contributed by atoms with Gasteiger partial charge >= 0.3 is 11.9 Å². The molecule has 8 heteroatoms. The fourth-order valence-electron chi connectivity index (χ4n) is 4.24. The number of benzene rings is 1. The topological polar surface area (TPSA) is 150 Å². The first kappa shape index (κ1) is 36.4. The molecule has 1 amide bonds. The lowest BCUT2D eigenvalue weighted by atomic mass is 10.0. The van der Waals surface area contributed by atoms with E-state index in [1.807, 2.05) is 13.8 Å². The molecule has 0 bridgehead atoms. The van der Waals surface area contributed by atoms with Crippen molar-refractivity contribution in [3.63, 3.8) is 0 Å². The zero-order valence-electron chi connectivity index (χ0n) is 24.5. The Labute approximate surface area is 235 Å². The minimum Gasteiger partial charge on any atom is -0.508 e. The highest BCUT2D eigenvalue weighted by atomic mass is 16.4. The average molecular weight is 551 g/mol. The predicted molar refractivity (Wildman–Crippen MR) is 157 cm³/mol. The first-order valence-corrected chi connectivity index (χ1v) is 14.8. The van der Waals surface area contributed by atoms with Crippen LogP contribution in [0.2, 0.25) is 0 Å². The number of amides is 1. The van der Waals surface area contributed by atoms with Gasteiger partial charge in [-0.2, -0.15) is 0 Å². The first-order valence-electron chi connectivity index (χ1n) is 14.8. The number of phenolic OH excluding ortho intramolecular Hbond substituents is 1. The van der Waals surface area contributed by atoms with Crippen molar-refractivity contribution in [3.8, 4) is 5.75 Å². The van der Waals surface area contributed by atoms with Crippen LogP contribution in [0.4, 0.5) is 0 Å². The molecule has 1 aromatic carbocycles. The van der Waals surface area contributed by atoms with Crippen LogP contribution >= 0.6 is 0 Å². The molecule has 0 fully saturated rings. The third-order valence-corrected chi connectivity index (χ3v) is 6.54. The summed E-state index contributed by atoms with van der Waals surface area (Å²) in [5.74, 6) is -1.91. The maximum Gasteiger partial charge on any atom is 0.326 e. The van der Waals surface area contributed by atoms with Crippen molar-refractivity contribution >= 4 is 17.8 Å². The fraction of sp³-hybridized carbons (Fsp3) is 0.710. The van der Waals surface area contributed by atoms with Gasteiger partial charge in [-0.25, -0.2) is 4.79 Å². The summed E-state index contributed by atoms with van der Waals surface area (Å²) < 4.78 is 0. The summed E-state index contributed by atoms with van der Waals surface area (Å²) in [6.07, 6.45) is 17.9. The smallest absolute Gasteiger partial charge is 0.326 e. The normalized spacial score (nSPS) is 12.3. The van der Waals surface area contributed by atoms with Gasteiger partial charge in [-0.3, -0.25) is 9.59 Å². The molecule has 0 aliphatic carbocycles. The molecule has 0 aliphatic rings. The Hall–Kier alpha value is -2.61. The van der Waals surface area contributed by atoms with E-state index in [4.69, 9.17) is 15.9 Å². The minimum absolute atomic E-state index is 0.139. The molecule has 8 nitrogen and oxygen atoms in total. The van der Waals surface area contributed by atoms with Crippen molar-refractivity contribution < 1.29 is 29.7 Å². The highest BCUT2D eigenvalue weighted by molar-refractivity contribution is 5.87. The summed E-state index contributed by atoms with van der Waals surface area (Å²) in [6.45, 7) is 6.04. The highest BCUT2D eigenvalue weighted by Crippen LogP contribution is 2.13. The number of nitrogens with two attached hydrogens (primary N) is 1. The molecular weight excluding hydrogens is 496 g/mol. The van der Waals surface area contributed by atoms with Gasteiger partial charge in [0.15, 0.2) is 0 Å². The molecule has 39 heavy (non-hydrogen) atoms. The van der Waals surface area contributed by atoms with Gasteiger partial charge in [0.1, 0.15) is 11.8 Å². The lowest BCUT2D eigenvalue weighted by Gasteiger charge is -2.19. The zero-order chi connectivity index (χ0) is 29.5. The number of phenols is 1. The Balaban J connectivity index is 0.000000751. The van der Waals surface area contributed by atoms with Gasteiger partial charge in [-0.15, -0.1) is 0 Å². The quantitative estimate of drug-likeness (QED) is 0.111. The Morgan fingerprint density at radius 1 is 0.795 bits per heavy atom. The Morgan fingerprint density at radius 2 is 1.26 bits per heavy atom. The monoisotopic (exact) mass is 550 g/mol. The van der Waals surface area contributed by atoms with Crippen LogP contribution in [0.5, 0.6) is 5.75 Å². The molecule has 2 atom stereocenters. The van der Waals surface area contributed by atoms with Crippen molar-refractivity contribution in [3.05, 3.63) is 29.8 Å². The number of rotatable bonds is 21. The van der Waals surface area contributed by atoms with Crippen LogP contribution in [0.15, 0.2) is 24.3 Å². The second-order valence-electron chi connectivity index (χ2n) is 10.9. The van der Waals surface area contributed by atoms with Gasteiger partial charge in [0.25, 0.3) is 0 Å². The van der Waals surface area contributed by atoms with Crippen molar-refractivity contribution in [1.82, 2.24) is 5.32 Å². The van der Waals surface area contributed by atoms with Gasteiger partial charge in [0.2, 0.25) is 5.91 Å². The van der Waals surface area contributed by atoms with Gasteiger partial charge in [-0.05, 0) is 42.9 Å². The molecular formula is C31H54N2O6. The summed E-state index contributed by atoms with van der Waals surface area (Å²) in [5, 5.41) is 29.2. The van der Waals surface area contributed by atoms with Crippen LogP contribution in [0.3, 0.4) is 0 Å². The van der Waals surface area contributed by atoms with E-state index < -0.39 is 29.9 Å². The van der Waals surface area contributed by atoms with Gasteiger partial charge in [0.05, 0.1) is 6.04 Å². The number of carbonyl (C=O) groups is 3. The standard InChI is InChI=1S/C16H32O2.C15H22N2O4/c1-2-3-4-5-6-7-8-9-10-11-12-13-14-15-16(17)18;1-9(2)7-13(15(20)21)17-14(19)12(16)8-10-3-5-11(18)6-4-10/h2-15H2,1H3,(H,17,18);3-6,9,12-13,18H,7-8,16H2,1-2H3,(H,17,19)(H,20,21)/t;12-,13-/m.0/s1. The SMILES string of the molecule is CC(C)C[C@H](NC(=O)[C@@H](N)Cc1ccc(O)cc1)C(=O)O.CCCCCCCCCCCCCCCC(=O)O. The number of hydrogen-bond donors (Lipinski definition) is 5. The Kier molecular flexibility index (Phi) is 21.7. The second-order valence-corrected chi connectivity index (χ2v) is 10.9. The number of hydrogen-bond acceptors (Lipinski definition) is 5. The highest BCUT2D eigenvalue weighted by Gasteiger charge is 2.24. The van der Waals surface area contributed by atoms with E-state index in [9.17, 15) is 19.5 Å². The first-order chi connectivity index (χ1) is 18.6. The van der Waals surface area contributed by atoms with Crippen LogP contribution in [0, 0.1) is 5.92 Å². The van der Waals surface area contributed by atoms with E-state index in [2.05, 4.69) is 12.2 Å². The van der Waals surface area contributed by atoms with Crippen LogP contribution in [0.25, 0.3) is 0 Å². The number of nitrogens with one attached hydrogen (secondary N) is 1. The van der Waals surface area contributed by atoms with Crippen molar-refractivity contribution in [1.29, 1.82) is 0 Å². The maximum atomic E-state index is 12.0. The molecule has 0 saturated heterocycles. The molecule has 1 aromatic rings. The van der Waals surface area contributed by atoms with Crippen molar-refractivity contribution in [2.24, 2.45) is 11.7 Å². The van der Waals surface area contributed by atoms with Crippen LogP contribution in [-0.2, 0) is 20.8 Å². The summed E-state index contributed by atoms with van der Waals surface area (Å²) in [6, 6.07) is 4.61. The maximum absolute atomic E-state index is 12.0. The van der Waals surface area contributed by atoms with E-state index in [1.54, 1.807) is 12.1 Å². The summed E-state index contributed by atoms with van der Waals surface area (Å²) in [7, 11) is 0. The Bertz CT molecular complexity index is 782. The summed E-state index contributed by atoms with van der Waals surface area (Å²) in [4.78, 5) is 33.4. The molecule has 1 rings (SSSR count). The average Bonchev–Trinajstić information content (AvgIpc) is 2.87. The van der Waals surface area contributed by atoms with Gasteiger partial charge < -0.3 is 26.4 Å². The summed E-state index contributed by atoms with van der Waals surface area (Å²) >= 11 is 0. The molecule has 6 N–H and O–H groups in total. The number of unbranched alkanes of at least 4 members (excludes halogenated alkanes) is 12. The molecule has 0 aromatic heterocycles. The van der Waals surface area contributed by atoms with Crippen LogP contribution in [0.1, 0.15) is 123 Å². The van der Waals surface area contributed by atoms with E-state index in [0.29, 0.717) is 12.8 Å². The molecule has 0 aliphatic heterocycles. The second kappa shape index (κ2) is 23.3. The number of carboxylic acids is 2. The lowest BCUT2D eigenvalue weighted by molar-refractivity contribution is -0.142. The van der Waals surface area contributed by atoms with E-state index in [1.165, 1.54) is 82.8 Å². The Morgan fingerprint density at radius 3 is 1.67 bits per heavy atom. The third kappa shape index (κ3) is 22.0. The molecule has 0 heterocycles. The predicted octanol–water partition coefficient (Wildman–Crippen LogP) is 6.43. The van der Waals surface area contributed by atoms with E-state index in [-0.39, 0.29) is 18.1 Å². The zero-order valence-corrected chi connectivity index (χ0v) is 24.5. The number of carbonyl (C=O) groups excluding carboxylic acids is 1. The van der Waals surface area contributed by atoms with Crippen molar-refractivity contribution in [2.45, 2.75) is 136 Å². The van der Waals surface area contributed by atoms with E-state index in [0.717, 1.165) is 18.4 Å². The minimum atomic E-state index is -1.06. The van der Waals surface area contributed by atoms with Gasteiger partial charge in [0, 0.05) is 6.42 Å². The lowest BCUT2D eigenvalue weighted by Crippen LogP contribution is -2.49. The number of aromatic hydroxyl groups is 1. The third-order valence-electron chi connectivity index (χ3n) is 6.54. The number of carboxylic acid groups (broad SMARTS) is 2. The molecule has 0 radical (unpaired) electrons. The largest absolute Gasteiger partial charge is 0.508 e. The molecule has 0 saturated carbocycles. The molecule has 0 unspecified atom stereocenters. The van der Waals surface area contributed by atoms with Crippen LogP contribution < -0.4 is 11.1 Å². The molecule has 224 valence electrons. The fourth-order valence-corrected chi connectivity index (χ4v) is 4.24. The van der Waals surface area contributed by atoms with Gasteiger partial charge in [-0.1, -0.05) is 110 Å².